The maximum absolute atomic E-state index is 11.2. The van der Waals surface area contributed by atoms with E-state index in [0.29, 0.717) is 5.56 Å². The normalized spacial score (nSPS) is 9.93. The molecular weight excluding hydrogens is 246 g/mol. The molecule has 0 saturated carbocycles. The Morgan fingerprint density at radius 1 is 1.64 bits per heavy atom. The quantitative estimate of drug-likeness (QED) is 0.782. The Labute approximate surface area is 91.6 Å². The van der Waals surface area contributed by atoms with Gasteiger partial charge < -0.3 is 4.74 Å². The van der Waals surface area contributed by atoms with Gasteiger partial charge in [0.2, 0.25) is 0 Å². The zero-order valence-corrected chi connectivity index (χ0v) is 9.80. The van der Waals surface area contributed by atoms with Crippen molar-refractivity contribution >= 4 is 21.9 Å². The van der Waals surface area contributed by atoms with E-state index in [4.69, 9.17) is 0 Å². The largest absolute Gasteiger partial charge is 0.465 e. The summed E-state index contributed by atoms with van der Waals surface area (Å²) in [7, 11) is 1.36. The van der Waals surface area contributed by atoms with Crippen molar-refractivity contribution in [3.05, 3.63) is 28.0 Å². The molecule has 76 valence electrons. The monoisotopic (exact) mass is 257 g/mol. The average molecular weight is 258 g/mol. The van der Waals surface area contributed by atoms with Crippen LogP contribution in [0.4, 0.5) is 0 Å². The summed E-state index contributed by atoms with van der Waals surface area (Å²) in [5, 5.41) is 0. The van der Waals surface area contributed by atoms with Gasteiger partial charge in [-0.15, -0.1) is 0 Å². The number of pyridine rings is 1. The number of carbonyl (C=O) groups excluding carboxylic acids is 1. The molecule has 0 bridgehead atoms. The van der Waals surface area contributed by atoms with Crippen LogP contribution in [0.1, 0.15) is 29.4 Å². The zero-order chi connectivity index (χ0) is 10.6. The summed E-state index contributed by atoms with van der Waals surface area (Å²) in [5.41, 5.74) is 1.44. The third-order valence-electron chi connectivity index (χ3n) is 1.82. The summed E-state index contributed by atoms with van der Waals surface area (Å²) < 4.78 is 5.35. The molecule has 1 rings (SSSR count). The van der Waals surface area contributed by atoms with Gasteiger partial charge in [0.1, 0.15) is 0 Å². The van der Waals surface area contributed by atoms with Gasteiger partial charge in [-0.1, -0.05) is 13.3 Å². The fraction of sp³-hybridized carbons (Fsp3) is 0.400. The Morgan fingerprint density at radius 3 is 2.86 bits per heavy atom. The van der Waals surface area contributed by atoms with Crippen LogP contribution in [-0.2, 0) is 11.2 Å². The van der Waals surface area contributed by atoms with Crippen molar-refractivity contribution in [1.82, 2.24) is 4.98 Å². The molecule has 0 N–H and O–H groups in total. The van der Waals surface area contributed by atoms with Gasteiger partial charge in [0.25, 0.3) is 0 Å². The van der Waals surface area contributed by atoms with Crippen molar-refractivity contribution in [3.63, 3.8) is 0 Å². The molecule has 0 aliphatic heterocycles. The van der Waals surface area contributed by atoms with Gasteiger partial charge in [0, 0.05) is 16.4 Å². The van der Waals surface area contributed by atoms with Crippen LogP contribution < -0.4 is 0 Å². The van der Waals surface area contributed by atoms with E-state index in [1.165, 1.54) is 7.11 Å². The highest BCUT2D eigenvalue weighted by molar-refractivity contribution is 9.10. The second kappa shape index (κ2) is 5.10. The van der Waals surface area contributed by atoms with Crippen LogP contribution in [0.25, 0.3) is 0 Å². The lowest BCUT2D eigenvalue weighted by molar-refractivity contribution is 0.0599. The van der Waals surface area contributed by atoms with Gasteiger partial charge in [0.05, 0.1) is 12.7 Å². The first-order valence-electron chi connectivity index (χ1n) is 4.41. The lowest BCUT2D eigenvalue weighted by Crippen LogP contribution is -2.04. The van der Waals surface area contributed by atoms with E-state index in [1.807, 2.05) is 6.07 Å². The molecule has 0 aliphatic carbocycles. The Hall–Kier alpha value is -0.900. The fourth-order valence-electron chi connectivity index (χ4n) is 1.12. The first-order chi connectivity index (χ1) is 6.69. The molecule has 0 unspecified atom stereocenters. The lowest BCUT2D eigenvalue weighted by atomic mass is 10.2. The van der Waals surface area contributed by atoms with E-state index in [9.17, 15) is 4.79 Å². The van der Waals surface area contributed by atoms with Crippen LogP contribution in [-0.4, -0.2) is 18.1 Å². The Morgan fingerprint density at radius 2 is 2.36 bits per heavy atom. The highest BCUT2D eigenvalue weighted by Crippen LogP contribution is 2.18. The van der Waals surface area contributed by atoms with Gasteiger partial charge >= 0.3 is 5.97 Å². The molecule has 0 amide bonds. The van der Waals surface area contributed by atoms with Crippen LogP contribution >= 0.6 is 15.9 Å². The van der Waals surface area contributed by atoms with Crippen LogP contribution in [0.3, 0.4) is 0 Å². The second-order valence-electron chi connectivity index (χ2n) is 2.90. The summed E-state index contributed by atoms with van der Waals surface area (Å²) in [6, 6.07) is 1.86. The lowest BCUT2D eigenvalue weighted by Gasteiger charge is -2.03. The molecule has 0 aromatic carbocycles. The molecule has 1 aromatic rings. The van der Waals surface area contributed by atoms with Gasteiger partial charge in [-0.25, -0.2) is 4.79 Å². The van der Waals surface area contributed by atoms with E-state index < -0.39 is 0 Å². The number of aromatic nitrogens is 1. The van der Waals surface area contributed by atoms with Gasteiger partial charge in [0.15, 0.2) is 0 Å². The fourth-order valence-corrected chi connectivity index (χ4v) is 1.65. The third kappa shape index (κ3) is 2.54. The molecule has 1 heterocycles. The standard InChI is InChI=1S/C10H12BrNO2/c1-3-4-7-5-9(11)8(6-12-7)10(13)14-2/h5-6H,3-4H2,1-2H3. The number of methoxy groups -OCH3 is 1. The first-order valence-corrected chi connectivity index (χ1v) is 5.21. The van der Waals surface area contributed by atoms with Gasteiger partial charge in [-0.05, 0) is 28.4 Å². The second-order valence-corrected chi connectivity index (χ2v) is 3.75. The Bertz CT molecular complexity index is 339. The van der Waals surface area contributed by atoms with Crippen molar-refractivity contribution in [2.75, 3.05) is 7.11 Å². The first kappa shape index (κ1) is 11.2. The number of nitrogens with zero attached hydrogens (tertiary/aromatic N) is 1. The predicted octanol–water partition coefficient (Wildman–Crippen LogP) is 2.58. The molecular formula is C10H12BrNO2. The van der Waals surface area contributed by atoms with Crippen LogP contribution in [0.5, 0.6) is 0 Å². The summed E-state index contributed by atoms with van der Waals surface area (Å²) in [6.45, 7) is 2.09. The van der Waals surface area contributed by atoms with Gasteiger partial charge in [-0.2, -0.15) is 0 Å². The maximum atomic E-state index is 11.2. The highest BCUT2D eigenvalue weighted by atomic mass is 79.9. The van der Waals surface area contributed by atoms with Crippen molar-refractivity contribution in [3.8, 4) is 0 Å². The van der Waals surface area contributed by atoms with Crippen LogP contribution in [0, 0.1) is 0 Å². The molecule has 0 fully saturated rings. The van der Waals surface area contributed by atoms with Crippen molar-refractivity contribution in [2.45, 2.75) is 19.8 Å². The Balaban J connectivity index is 2.95. The van der Waals surface area contributed by atoms with Crippen molar-refractivity contribution < 1.29 is 9.53 Å². The zero-order valence-electron chi connectivity index (χ0n) is 8.21. The van der Waals surface area contributed by atoms with E-state index in [1.54, 1.807) is 6.20 Å². The maximum Gasteiger partial charge on any atom is 0.340 e. The number of carbonyl (C=O) groups is 1. The number of esters is 1. The third-order valence-corrected chi connectivity index (χ3v) is 2.48. The van der Waals surface area contributed by atoms with Crippen molar-refractivity contribution in [2.24, 2.45) is 0 Å². The molecule has 0 radical (unpaired) electrons. The van der Waals surface area contributed by atoms with Gasteiger partial charge in [-0.3, -0.25) is 4.98 Å². The smallest absolute Gasteiger partial charge is 0.340 e. The van der Waals surface area contributed by atoms with Crippen molar-refractivity contribution in [1.29, 1.82) is 0 Å². The Kier molecular flexibility index (Phi) is 4.07. The number of hydrogen-bond acceptors (Lipinski definition) is 3. The molecule has 14 heavy (non-hydrogen) atoms. The van der Waals surface area contributed by atoms with E-state index in [-0.39, 0.29) is 5.97 Å². The number of ether oxygens (including phenoxy) is 1. The van der Waals surface area contributed by atoms with E-state index in [0.717, 1.165) is 23.0 Å². The molecule has 0 spiro atoms. The van der Waals surface area contributed by atoms with Crippen LogP contribution in [0.15, 0.2) is 16.7 Å². The van der Waals surface area contributed by atoms with Crippen LogP contribution in [0.2, 0.25) is 0 Å². The summed E-state index contributed by atoms with van der Waals surface area (Å²) in [6.07, 6.45) is 3.50. The number of aryl methyl sites for hydroxylation is 1. The SMILES string of the molecule is CCCc1cc(Br)c(C(=O)OC)cn1. The van der Waals surface area contributed by atoms with E-state index >= 15 is 0 Å². The minimum Gasteiger partial charge on any atom is -0.465 e. The highest BCUT2D eigenvalue weighted by Gasteiger charge is 2.10. The summed E-state index contributed by atoms with van der Waals surface area (Å²) >= 11 is 3.32. The predicted molar refractivity (Wildman–Crippen MR) is 57.3 cm³/mol. The number of halogens is 1. The molecule has 0 aliphatic rings. The average Bonchev–Trinajstić information content (AvgIpc) is 2.17. The minimum atomic E-state index is -0.368. The summed E-state index contributed by atoms with van der Waals surface area (Å²) in [5.74, 6) is -0.368. The molecule has 4 heteroatoms. The molecule has 0 saturated heterocycles. The molecule has 3 nitrogen and oxygen atoms in total. The topological polar surface area (TPSA) is 39.2 Å². The number of rotatable bonds is 3. The molecule has 1 aromatic heterocycles. The summed E-state index contributed by atoms with van der Waals surface area (Å²) in [4.78, 5) is 15.4. The number of hydrogen-bond donors (Lipinski definition) is 0. The molecule has 0 atom stereocenters. The minimum absolute atomic E-state index is 0.368. The van der Waals surface area contributed by atoms with E-state index in [2.05, 4.69) is 32.6 Å².